The summed E-state index contributed by atoms with van der Waals surface area (Å²) < 4.78 is 5.88. The smallest absolute Gasteiger partial charge is 0.260 e. The fraction of sp³-hybridized carbons (Fsp3) is 0.636. The van der Waals surface area contributed by atoms with Crippen LogP contribution in [-0.2, 0) is 4.79 Å². The van der Waals surface area contributed by atoms with E-state index in [0.717, 1.165) is 68.7 Å². The number of hydrogen-bond donors (Lipinski definition) is 1. The Balaban J connectivity index is 0.00000300. The first-order valence-corrected chi connectivity index (χ1v) is 10.5. The van der Waals surface area contributed by atoms with Crippen molar-refractivity contribution in [2.75, 3.05) is 39.8 Å². The summed E-state index contributed by atoms with van der Waals surface area (Å²) in [5.41, 5.74) is 2.51. The van der Waals surface area contributed by atoms with Crippen molar-refractivity contribution in [1.29, 1.82) is 0 Å². The molecule has 3 rings (SSSR count). The van der Waals surface area contributed by atoms with Gasteiger partial charge in [0.05, 0.1) is 0 Å². The molecule has 0 aliphatic carbocycles. The van der Waals surface area contributed by atoms with Gasteiger partial charge in [0.2, 0.25) is 0 Å². The quantitative estimate of drug-likeness (QED) is 0.764. The molecule has 1 unspecified atom stereocenters. The minimum Gasteiger partial charge on any atom is -0.483 e. The number of benzene rings is 1. The predicted molar refractivity (Wildman–Crippen MR) is 117 cm³/mol. The summed E-state index contributed by atoms with van der Waals surface area (Å²) in [5.74, 6) is 0.848. The number of likely N-dealkylation sites (tertiary alicyclic amines) is 2. The highest BCUT2D eigenvalue weighted by Gasteiger charge is 2.29. The molecule has 162 valence electrons. The predicted octanol–water partition coefficient (Wildman–Crippen LogP) is 2.94. The van der Waals surface area contributed by atoms with E-state index in [9.17, 15) is 9.59 Å². The number of aryl methyl sites for hydroxylation is 2. The van der Waals surface area contributed by atoms with Crippen molar-refractivity contribution < 1.29 is 14.3 Å². The van der Waals surface area contributed by atoms with E-state index in [1.54, 1.807) is 0 Å². The molecule has 2 saturated heterocycles. The molecule has 1 aromatic carbocycles. The van der Waals surface area contributed by atoms with Crippen LogP contribution >= 0.6 is 12.4 Å². The summed E-state index contributed by atoms with van der Waals surface area (Å²) in [6.45, 7) is 7.24. The molecular formula is C22H34ClN3O3. The third-order valence-electron chi connectivity index (χ3n) is 5.83. The summed E-state index contributed by atoms with van der Waals surface area (Å²) in [4.78, 5) is 29.3. The molecule has 6 nitrogen and oxygen atoms in total. The summed E-state index contributed by atoms with van der Waals surface area (Å²) >= 11 is 0. The Labute approximate surface area is 180 Å². The number of ether oxygens (including phenoxy) is 1. The molecule has 0 spiro atoms. The summed E-state index contributed by atoms with van der Waals surface area (Å²) in [7, 11) is 1.92. The number of carbonyl (C=O) groups is 2. The monoisotopic (exact) mass is 423 g/mol. The van der Waals surface area contributed by atoms with Gasteiger partial charge in [-0.05, 0) is 76.3 Å². The van der Waals surface area contributed by atoms with Crippen LogP contribution in [0, 0.1) is 13.8 Å². The highest BCUT2D eigenvalue weighted by molar-refractivity contribution is 5.95. The largest absolute Gasteiger partial charge is 0.483 e. The van der Waals surface area contributed by atoms with E-state index in [1.807, 2.05) is 42.8 Å². The van der Waals surface area contributed by atoms with Gasteiger partial charge >= 0.3 is 0 Å². The normalized spacial score (nSPS) is 19.1. The van der Waals surface area contributed by atoms with Crippen LogP contribution in [-0.4, -0.2) is 67.5 Å². The molecule has 0 radical (unpaired) electrons. The van der Waals surface area contributed by atoms with Gasteiger partial charge in [-0.15, -0.1) is 12.4 Å². The SMILES string of the molecule is CNCC1CCCN1C(=O)c1cc(C)c(OCC(=O)N2CCCCC2)c(C)c1.Cl. The molecule has 1 N–H and O–H groups in total. The Kier molecular flexibility index (Phi) is 8.78. The van der Waals surface area contributed by atoms with Gasteiger partial charge in [-0.3, -0.25) is 9.59 Å². The van der Waals surface area contributed by atoms with Gasteiger partial charge in [-0.1, -0.05) is 0 Å². The number of rotatable bonds is 6. The van der Waals surface area contributed by atoms with Gasteiger partial charge < -0.3 is 19.9 Å². The van der Waals surface area contributed by atoms with Crippen LogP contribution in [0.15, 0.2) is 12.1 Å². The molecule has 2 fully saturated rings. The van der Waals surface area contributed by atoms with Crippen LogP contribution < -0.4 is 10.1 Å². The van der Waals surface area contributed by atoms with E-state index < -0.39 is 0 Å². The molecule has 0 bridgehead atoms. The molecule has 0 saturated carbocycles. The molecule has 7 heteroatoms. The van der Waals surface area contributed by atoms with E-state index >= 15 is 0 Å². The Morgan fingerprint density at radius 1 is 1.07 bits per heavy atom. The van der Waals surface area contributed by atoms with Gasteiger partial charge in [0.15, 0.2) is 6.61 Å². The lowest BCUT2D eigenvalue weighted by Gasteiger charge is -2.27. The molecular weight excluding hydrogens is 390 g/mol. The van der Waals surface area contributed by atoms with Crippen molar-refractivity contribution in [1.82, 2.24) is 15.1 Å². The molecule has 2 aliphatic rings. The van der Waals surface area contributed by atoms with Crippen LogP contribution in [0.25, 0.3) is 0 Å². The minimum absolute atomic E-state index is 0. The number of nitrogens with zero attached hydrogens (tertiary/aromatic N) is 2. The molecule has 1 aromatic rings. The van der Waals surface area contributed by atoms with Crippen molar-refractivity contribution in [2.24, 2.45) is 0 Å². The molecule has 0 aromatic heterocycles. The van der Waals surface area contributed by atoms with Crippen molar-refractivity contribution in [3.8, 4) is 5.75 Å². The van der Waals surface area contributed by atoms with Crippen LogP contribution in [0.4, 0.5) is 0 Å². The zero-order chi connectivity index (χ0) is 20.1. The van der Waals surface area contributed by atoms with Crippen LogP contribution in [0.1, 0.15) is 53.6 Å². The summed E-state index contributed by atoms with van der Waals surface area (Å²) in [5, 5.41) is 3.18. The number of amides is 2. The maximum Gasteiger partial charge on any atom is 0.260 e. The number of likely N-dealkylation sites (N-methyl/N-ethyl adjacent to an activating group) is 1. The fourth-order valence-corrected chi connectivity index (χ4v) is 4.39. The lowest BCUT2D eigenvalue weighted by Crippen LogP contribution is -2.40. The van der Waals surface area contributed by atoms with Crippen LogP contribution in [0.2, 0.25) is 0 Å². The molecule has 2 aliphatic heterocycles. The average molecular weight is 424 g/mol. The van der Waals surface area contributed by atoms with E-state index in [2.05, 4.69) is 5.32 Å². The molecule has 2 heterocycles. The number of halogens is 1. The van der Waals surface area contributed by atoms with E-state index in [0.29, 0.717) is 5.56 Å². The zero-order valence-electron chi connectivity index (χ0n) is 17.8. The standard InChI is InChI=1S/C22H33N3O3.ClH/c1-16-12-18(22(27)25-11-7-8-19(25)14-23-3)13-17(2)21(16)28-15-20(26)24-9-5-4-6-10-24;/h12-13,19,23H,4-11,14-15H2,1-3H3;1H. The lowest BCUT2D eigenvalue weighted by atomic mass is 10.0. The fourth-order valence-electron chi connectivity index (χ4n) is 4.39. The summed E-state index contributed by atoms with van der Waals surface area (Å²) in [6.07, 6.45) is 5.45. The van der Waals surface area contributed by atoms with E-state index in [1.165, 1.54) is 6.42 Å². The van der Waals surface area contributed by atoms with Crippen LogP contribution in [0.3, 0.4) is 0 Å². The van der Waals surface area contributed by atoms with Crippen LogP contribution in [0.5, 0.6) is 5.75 Å². The van der Waals surface area contributed by atoms with Gasteiger partial charge in [0.25, 0.3) is 11.8 Å². The van der Waals surface area contributed by atoms with Crippen molar-refractivity contribution in [3.05, 3.63) is 28.8 Å². The average Bonchev–Trinajstić information content (AvgIpc) is 3.15. The maximum atomic E-state index is 13.0. The second-order valence-corrected chi connectivity index (χ2v) is 8.02. The summed E-state index contributed by atoms with van der Waals surface area (Å²) in [6, 6.07) is 4.05. The minimum atomic E-state index is 0. The number of hydrogen-bond acceptors (Lipinski definition) is 4. The highest BCUT2D eigenvalue weighted by Crippen LogP contribution is 2.27. The second-order valence-electron chi connectivity index (χ2n) is 8.02. The highest BCUT2D eigenvalue weighted by atomic mass is 35.5. The third kappa shape index (κ3) is 5.64. The maximum absolute atomic E-state index is 13.0. The first-order chi connectivity index (χ1) is 13.5. The lowest BCUT2D eigenvalue weighted by molar-refractivity contribution is -0.134. The number of carbonyl (C=O) groups excluding carboxylic acids is 2. The van der Waals surface area contributed by atoms with Gasteiger partial charge in [-0.2, -0.15) is 0 Å². The van der Waals surface area contributed by atoms with Gasteiger partial charge in [0.1, 0.15) is 5.75 Å². The first-order valence-electron chi connectivity index (χ1n) is 10.5. The van der Waals surface area contributed by atoms with E-state index in [4.69, 9.17) is 4.74 Å². The Morgan fingerprint density at radius 2 is 1.72 bits per heavy atom. The Bertz CT molecular complexity index is 696. The van der Waals surface area contributed by atoms with Crippen molar-refractivity contribution >= 4 is 24.2 Å². The van der Waals surface area contributed by atoms with Gasteiger partial charge in [-0.25, -0.2) is 0 Å². The Hall–Kier alpha value is -1.79. The molecule has 1 atom stereocenters. The molecule has 2 amide bonds. The topological polar surface area (TPSA) is 61.9 Å². The number of nitrogens with one attached hydrogen (secondary N) is 1. The Morgan fingerprint density at radius 3 is 2.34 bits per heavy atom. The molecule has 29 heavy (non-hydrogen) atoms. The van der Waals surface area contributed by atoms with Crippen molar-refractivity contribution in [2.45, 2.75) is 52.0 Å². The van der Waals surface area contributed by atoms with Crippen molar-refractivity contribution in [3.63, 3.8) is 0 Å². The zero-order valence-corrected chi connectivity index (χ0v) is 18.6. The van der Waals surface area contributed by atoms with Gasteiger partial charge in [0, 0.05) is 37.8 Å². The van der Waals surface area contributed by atoms with E-state index in [-0.39, 0.29) is 36.9 Å². The number of piperidine rings is 1. The first kappa shape index (κ1) is 23.5. The third-order valence-corrected chi connectivity index (χ3v) is 5.83. The second kappa shape index (κ2) is 10.8.